The van der Waals surface area contributed by atoms with Gasteiger partial charge in [0.15, 0.2) is 0 Å². The molecule has 0 atom stereocenters. The van der Waals surface area contributed by atoms with Crippen LogP contribution in [0.3, 0.4) is 0 Å². The average Bonchev–Trinajstić information content (AvgIpc) is 2.01. The van der Waals surface area contributed by atoms with Crippen LogP contribution in [0.2, 0.25) is 0 Å². The molecule has 0 heterocycles. The number of hydrogen-bond donors (Lipinski definition) is 0. The van der Waals surface area contributed by atoms with E-state index in [1.165, 1.54) is 0 Å². The minimum absolute atomic E-state index is 0.0671. The van der Waals surface area contributed by atoms with E-state index < -0.39 is 0 Å². The molecule has 0 bridgehead atoms. The number of rotatable bonds is 5. The van der Waals surface area contributed by atoms with Gasteiger partial charge in [0, 0.05) is 0 Å². The zero-order chi connectivity index (χ0) is 10.5. The molecule has 0 spiro atoms. The summed E-state index contributed by atoms with van der Waals surface area (Å²) in [5, 5.41) is 9.22. The van der Waals surface area contributed by atoms with Gasteiger partial charge < -0.3 is 0 Å². The van der Waals surface area contributed by atoms with Gasteiger partial charge in [-0.3, -0.25) is 0 Å². The van der Waals surface area contributed by atoms with Crippen LogP contribution in [0.1, 0.15) is 53.9 Å². The number of hydrogen-bond acceptors (Lipinski definition) is 1. The Morgan fingerprint density at radius 1 is 1.08 bits per heavy atom. The van der Waals surface area contributed by atoms with Crippen molar-refractivity contribution < 1.29 is 0 Å². The maximum Gasteiger partial charge on any atom is 0.0689 e. The molecule has 0 aromatic carbocycles. The van der Waals surface area contributed by atoms with Crippen LogP contribution in [-0.2, 0) is 0 Å². The van der Waals surface area contributed by atoms with Gasteiger partial charge in [-0.15, -0.1) is 0 Å². The van der Waals surface area contributed by atoms with Crippen molar-refractivity contribution in [1.82, 2.24) is 0 Å². The molecule has 76 valence electrons. The van der Waals surface area contributed by atoms with E-state index in [-0.39, 0.29) is 5.41 Å². The fraction of sp³-hybridized carbons (Fsp3) is 0.917. The molecule has 0 N–H and O–H groups in total. The molecule has 0 saturated heterocycles. The van der Waals surface area contributed by atoms with Crippen LogP contribution in [0.5, 0.6) is 0 Å². The Balaban J connectivity index is 4.42. The summed E-state index contributed by atoms with van der Waals surface area (Å²) in [5.41, 5.74) is -0.0671. The summed E-state index contributed by atoms with van der Waals surface area (Å²) in [6.07, 6.45) is 3.07. The van der Waals surface area contributed by atoms with Gasteiger partial charge in [-0.25, -0.2) is 0 Å². The SMILES string of the molecule is CCC(C#N)(CC(C)C)CC(C)C. The van der Waals surface area contributed by atoms with E-state index in [1.54, 1.807) is 0 Å². The fourth-order valence-electron chi connectivity index (χ4n) is 2.11. The summed E-state index contributed by atoms with van der Waals surface area (Å²) < 4.78 is 0. The molecule has 0 saturated carbocycles. The molecule has 13 heavy (non-hydrogen) atoms. The van der Waals surface area contributed by atoms with Crippen molar-refractivity contribution in [2.75, 3.05) is 0 Å². The zero-order valence-corrected chi connectivity index (χ0v) is 9.72. The molecule has 0 rings (SSSR count). The van der Waals surface area contributed by atoms with Crippen LogP contribution >= 0.6 is 0 Å². The van der Waals surface area contributed by atoms with Gasteiger partial charge in [-0.05, 0) is 31.1 Å². The van der Waals surface area contributed by atoms with Crippen molar-refractivity contribution in [1.29, 1.82) is 5.26 Å². The van der Waals surface area contributed by atoms with Gasteiger partial charge >= 0.3 is 0 Å². The normalized spacial score (nSPS) is 12.2. The number of nitriles is 1. The minimum Gasteiger partial charge on any atom is -0.198 e. The van der Waals surface area contributed by atoms with Gasteiger partial charge in [0.25, 0.3) is 0 Å². The van der Waals surface area contributed by atoms with Crippen molar-refractivity contribution in [2.45, 2.75) is 53.9 Å². The number of nitrogens with zero attached hydrogens (tertiary/aromatic N) is 1. The van der Waals surface area contributed by atoms with Crippen LogP contribution in [0.15, 0.2) is 0 Å². The Morgan fingerprint density at radius 2 is 1.46 bits per heavy atom. The summed E-state index contributed by atoms with van der Waals surface area (Å²) in [4.78, 5) is 0. The van der Waals surface area contributed by atoms with E-state index >= 15 is 0 Å². The maximum atomic E-state index is 9.22. The molecule has 0 aromatic rings. The zero-order valence-electron chi connectivity index (χ0n) is 9.72. The first-order valence-corrected chi connectivity index (χ1v) is 5.37. The molecular formula is C12H23N. The van der Waals surface area contributed by atoms with E-state index in [4.69, 9.17) is 0 Å². The summed E-state index contributed by atoms with van der Waals surface area (Å²) >= 11 is 0. The third-order valence-electron chi connectivity index (χ3n) is 2.51. The lowest BCUT2D eigenvalue weighted by atomic mass is 9.73. The van der Waals surface area contributed by atoms with Gasteiger partial charge in [-0.2, -0.15) is 5.26 Å². The summed E-state index contributed by atoms with van der Waals surface area (Å²) in [6, 6.07) is 2.53. The Kier molecular flexibility index (Phi) is 5.06. The van der Waals surface area contributed by atoms with Crippen LogP contribution in [0.25, 0.3) is 0 Å². The highest BCUT2D eigenvalue weighted by atomic mass is 14.4. The minimum atomic E-state index is -0.0671. The Labute approximate surface area is 83.1 Å². The van der Waals surface area contributed by atoms with E-state index in [0.717, 1.165) is 19.3 Å². The topological polar surface area (TPSA) is 23.8 Å². The molecule has 0 amide bonds. The fourth-order valence-corrected chi connectivity index (χ4v) is 2.11. The van der Waals surface area contributed by atoms with Crippen molar-refractivity contribution in [3.8, 4) is 6.07 Å². The average molecular weight is 181 g/mol. The second-order valence-electron chi connectivity index (χ2n) is 4.94. The summed E-state index contributed by atoms with van der Waals surface area (Å²) in [6.45, 7) is 10.9. The van der Waals surface area contributed by atoms with Crippen molar-refractivity contribution in [2.24, 2.45) is 17.3 Å². The first-order chi connectivity index (χ1) is 5.95. The van der Waals surface area contributed by atoms with Crippen molar-refractivity contribution in [3.63, 3.8) is 0 Å². The second-order valence-corrected chi connectivity index (χ2v) is 4.94. The predicted octanol–water partition coefficient (Wildman–Crippen LogP) is 4.00. The third kappa shape index (κ3) is 4.31. The van der Waals surface area contributed by atoms with E-state index in [2.05, 4.69) is 40.7 Å². The molecule has 0 fully saturated rings. The summed E-state index contributed by atoms with van der Waals surface area (Å²) in [7, 11) is 0. The van der Waals surface area contributed by atoms with Crippen molar-refractivity contribution in [3.05, 3.63) is 0 Å². The largest absolute Gasteiger partial charge is 0.198 e. The molecule has 1 heteroatoms. The molecular weight excluding hydrogens is 158 g/mol. The van der Waals surface area contributed by atoms with Crippen LogP contribution < -0.4 is 0 Å². The van der Waals surface area contributed by atoms with E-state index in [1.807, 2.05) is 0 Å². The lowest BCUT2D eigenvalue weighted by Gasteiger charge is -2.28. The van der Waals surface area contributed by atoms with E-state index in [9.17, 15) is 5.26 Å². The molecule has 0 aliphatic heterocycles. The first-order valence-electron chi connectivity index (χ1n) is 5.37. The molecule has 0 aliphatic rings. The predicted molar refractivity (Wildman–Crippen MR) is 57.2 cm³/mol. The lowest BCUT2D eigenvalue weighted by molar-refractivity contribution is 0.247. The van der Waals surface area contributed by atoms with E-state index in [0.29, 0.717) is 11.8 Å². The van der Waals surface area contributed by atoms with Crippen LogP contribution in [0, 0.1) is 28.6 Å². The molecule has 0 radical (unpaired) electrons. The van der Waals surface area contributed by atoms with Crippen LogP contribution in [-0.4, -0.2) is 0 Å². The smallest absolute Gasteiger partial charge is 0.0689 e. The highest BCUT2D eigenvalue weighted by molar-refractivity contribution is 4.98. The Bertz CT molecular complexity index is 164. The summed E-state index contributed by atoms with van der Waals surface area (Å²) in [5.74, 6) is 1.25. The van der Waals surface area contributed by atoms with Crippen molar-refractivity contribution >= 4 is 0 Å². The Hall–Kier alpha value is -0.510. The Morgan fingerprint density at radius 3 is 1.62 bits per heavy atom. The molecule has 1 nitrogen and oxygen atoms in total. The molecule has 0 aliphatic carbocycles. The maximum absolute atomic E-state index is 9.22. The van der Waals surface area contributed by atoms with Gasteiger partial charge in [0.05, 0.1) is 11.5 Å². The standard InChI is InChI=1S/C12H23N/c1-6-12(9-13,7-10(2)3)8-11(4)5/h10-11H,6-8H2,1-5H3. The van der Waals surface area contributed by atoms with Gasteiger partial charge in [-0.1, -0.05) is 34.6 Å². The van der Waals surface area contributed by atoms with Gasteiger partial charge in [0.2, 0.25) is 0 Å². The van der Waals surface area contributed by atoms with Gasteiger partial charge in [0.1, 0.15) is 0 Å². The first kappa shape index (κ1) is 12.5. The molecule has 0 aromatic heterocycles. The van der Waals surface area contributed by atoms with Crippen LogP contribution in [0.4, 0.5) is 0 Å². The second kappa shape index (κ2) is 5.27. The quantitative estimate of drug-likeness (QED) is 0.629. The highest BCUT2D eigenvalue weighted by Crippen LogP contribution is 2.36. The highest BCUT2D eigenvalue weighted by Gasteiger charge is 2.29. The monoisotopic (exact) mass is 181 g/mol. The third-order valence-corrected chi connectivity index (χ3v) is 2.51. The molecule has 0 unspecified atom stereocenters. The lowest BCUT2D eigenvalue weighted by Crippen LogP contribution is -2.22.